The van der Waals surface area contributed by atoms with Gasteiger partial charge in [0.25, 0.3) is 5.91 Å². The van der Waals surface area contributed by atoms with Crippen LogP contribution < -0.4 is 5.32 Å². The summed E-state index contributed by atoms with van der Waals surface area (Å²) in [6, 6.07) is 11.2. The number of hydrogen-bond acceptors (Lipinski definition) is 3. The Kier molecular flexibility index (Phi) is 4.02. The van der Waals surface area contributed by atoms with Gasteiger partial charge in [-0.3, -0.25) is 14.9 Å². The molecule has 0 radical (unpaired) electrons. The molecule has 0 spiro atoms. The highest BCUT2D eigenvalue weighted by atomic mass is 79.9. The Labute approximate surface area is 135 Å². The maximum absolute atomic E-state index is 12.3. The van der Waals surface area contributed by atoms with Gasteiger partial charge in [0.15, 0.2) is 0 Å². The normalized spacial score (nSPS) is 10.5. The highest BCUT2D eigenvalue weighted by Crippen LogP contribution is 2.24. The number of carbonyl (C=O) groups excluding carboxylic acids is 1. The van der Waals surface area contributed by atoms with E-state index in [1.165, 1.54) is 0 Å². The number of benzene rings is 1. The van der Waals surface area contributed by atoms with Crippen LogP contribution in [0.25, 0.3) is 11.3 Å². The van der Waals surface area contributed by atoms with Crippen LogP contribution in [0.3, 0.4) is 0 Å². The number of aromatic nitrogens is 3. The van der Waals surface area contributed by atoms with Crippen LogP contribution in [0.1, 0.15) is 16.1 Å². The second kappa shape index (κ2) is 6.11. The van der Waals surface area contributed by atoms with Gasteiger partial charge >= 0.3 is 0 Å². The minimum atomic E-state index is -0.243. The highest BCUT2D eigenvalue weighted by molar-refractivity contribution is 9.10. The predicted octanol–water partition coefficient (Wildman–Crippen LogP) is 3.79. The molecule has 6 heteroatoms. The Hall–Kier alpha value is -2.47. The van der Waals surface area contributed by atoms with E-state index in [2.05, 4.69) is 36.4 Å². The fourth-order valence-corrected chi connectivity index (χ4v) is 2.60. The van der Waals surface area contributed by atoms with Gasteiger partial charge in [-0.25, -0.2) is 0 Å². The third-order valence-corrected chi connectivity index (χ3v) is 3.81. The van der Waals surface area contributed by atoms with Gasteiger partial charge in [-0.1, -0.05) is 6.07 Å². The lowest BCUT2D eigenvalue weighted by Gasteiger charge is -2.06. The summed E-state index contributed by atoms with van der Waals surface area (Å²) in [5.74, 6) is -0.243. The minimum Gasteiger partial charge on any atom is -0.320 e. The van der Waals surface area contributed by atoms with Crippen molar-refractivity contribution >= 4 is 27.5 Å². The Morgan fingerprint density at radius 1 is 1.27 bits per heavy atom. The molecule has 0 saturated carbocycles. The van der Waals surface area contributed by atoms with Gasteiger partial charge in [-0.2, -0.15) is 5.10 Å². The number of H-pyrrole nitrogens is 1. The lowest BCUT2D eigenvalue weighted by Crippen LogP contribution is -2.12. The van der Waals surface area contributed by atoms with Crippen molar-refractivity contribution in [1.29, 1.82) is 0 Å². The summed E-state index contributed by atoms with van der Waals surface area (Å²) in [5.41, 5.74) is 3.76. The maximum atomic E-state index is 12.3. The van der Waals surface area contributed by atoms with E-state index in [0.29, 0.717) is 17.1 Å². The average Bonchev–Trinajstić information content (AvgIpc) is 3.01. The molecule has 0 fully saturated rings. The van der Waals surface area contributed by atoms with E-state index >= 15 is 0 Å². The van der Waals surface area contributed by atoms with E-state index in [9.17, 15) is 4.79 Å². The summed E-state index contributed by atoms with van der Waals surface area (Å²) >= 11 is 3.44. The first kappa shape index (κ1) is 14.5. The van der Waals surface area contributed by atoms with Gasteiger partial charge in [0.1, 0.15) is 5.69 Å². The van der Waals surface area contributed by atoms with Crippen molar-refractivity contribution in [2.45, 2.75) is 6.92 Å². The van der Waals surface area contributed by atoms with Crippen molar-refractivity contribution < 1.29 is 4.79 Å². The van der Waals surface area contributed by atoms with Gasteiger partial charge in [0.2, 0.25) is 0 Å². The molecule has 110 valence electrons. The molecular formula is C16H13BrN4O. The van der Waals surface area contributed by atoms with Crippen LogP contribution in [-0.2, 0) is 0 Å². The van der Waals surface area contributed by atoms with E-state index in [1.54, 1.807) is 18.5 Å². The van der Waals surface area contributed by atoms with E-state index < -0.39 is 0 Å². The molecule has 2 N–H and O–H groups in total. The number of carbonyl (C=O) groups is 1. The topological polar surface area (TPSA) is 70.7 Å². The molecule has 0 bridgehead atoms. The molecular weight excluding hydrogens is 344 g/mol. The summed E-state index contributed by atoms with van der Waals surface area (Å²) in [6.07, 6.45) is 3.40. The predicted molar refractivity (Wildman–Crippen MR) is 88.7 cm³/mol. The molecule has 0 aliphatic heterocycles. The third-order valence-electron chi connectivity index (χ3n) is 3.15. The van der Waals surface area contributed by atoms with Crippen LogP contribution in [0.15, 0.2) is 53.3 Å². The largest absolute Gasteiger partial charge is 0.320 e. The Balaban J connectivity index is 1.80. The number of amides is 1. The number of halogens is 1. The average molecular weight is 357 g/mol. The number of anilines is 1. The first-order valence-corrected chi connectivity index (χ1v) is 7.46. The monoisotopic (exact) mass is 356 g/mol. The molecule has 0 aliphatic rings. The number of aryl methyl sites for hydroxylation is 1. The van der Waals surface area contributed by atoms with Crippen molar-refractivity contribution in [2.75, 3.05) is 5.32 Å². The number of rotatable bonds is 3. The Morgan fingerprint density at radius 3 is 2.86 bits per heavy atom. The summed E-state index contributed by atoms with van der Waals surface area (Å²) in [4.78, 5) is 16.3. The van der Waals surface area contributed by atoms with Crippen LogP contribution in [-0.4, -0.2) is 21.1 Å². The molecule has 1 aromatic carbocycles. The number of aromatic amines is 1. The minimum absolute atomic E-state index is 0.243. The van der Waals surface area contributed by atoms with Gasteiger partial charge in [-0.15, -0.1) is 0 Å². The molecule has 0 aliphatic carbocycles. The van der Waals surface area contributed by atoms with Gasteiger partial charge in [0, 0.05) is 22.4 Å². The second-order valence-corrected chi connectivity index (χ2v) is 5.70. The van der Waals surface area contributed by atoms with Crippen LogP contribution >= 0.6 is 15.9 Å². The molecule has 2 heterocycles. The van der Waals surface area contributed by atoms with E-state index in [-0.39, 0.29) is 5.91 Å². The Morgan fingerprint density at radius 2 is 2.14 bits per heavy atom. The molecule has 2 aromatic heterocycles. The van der Waals surface area contributed by atoms with Crippen LogP contribution in [0.5, 0.6) is 0 Å². The standard InChI is InChI=1S/C16H13BrN4O/c1-10-4-5-13(12(17)7-10)19-16(22)15-8-14(20-21-15)11-3-2-6-18-9-11/h2-9H,1H3,(H,19,22)(H,20,21). The number of nitrogens with one attached hydrogen (secondary N) is 2. The summed E-state index contributed by atoms with van der Waals surface area (Å²) in [7, 11) is 0. The van der Waals surface area contributed by atoms with Gasteiger partial charge in [-0.05, 0) is 58.7 Å². The fourth-order valence-electron chi connectivity index (χ4n) is 2.01. The zero-order chi connectivity index (χ0) is 15.5. The number of hydrogen-bond donors (Lipinski definition) is 2. The SMILES string of the molecule is Cc1ccc(NC(=O)c2cc(-c3cccnc3)n[nH]2)c(Br)c1. The molecule has 5 nitrogen and oxygen atoms in total. The first-order valence-electron chi connectivity index (χ1n) is 6.67. The van der Waals surface area contributed by atoms with Crippen LogP contribution in [0.4, 0.5) is 5.69 Å². The summed E-state index contributed by atoms with van der Waals surface area (Å²) < 4.78 is 0.841. The van der Waals surface area contributed by atoms with Crippen molar-refractivity contribution in [3.8, 4) is 11.3 Å². The quantitative estimate of drug-likeness (QED) is 0.749. The van der Waals surface area contributed by atoms with Gasteiger partial charge < -0.3 is 5.32 Å². The number of pyridine rings is 1. The zero-order valence-electron chi connectivity index (χ0n) is 11.8. The smallest absolute Gasteiger partial charge is 0.273 e. The van der Waals surface area contributed by atoms with E-state index in [4.69, 9.17) is 0 Å². The lowest BCUT2D eigenvalue weighted by molar-refractivity contribution is 0.102. The zero-order valence-corrected chi connectivity index (χ0v) is 13.4. The van der Waals surface area contributed by atoms with Crippen LogP contribution in [0.2, 0.25) is 0 Å². The number of nitrogens with zero attached hydrogens (tertiary/aromatic N) is 2. The molecule has 0 saturated heterocycles. The molecule has 0 atom stereocenters. The summed E-state index contributed by atoms with van der Waals surface area (Å²) in [5, 5.41) is 9.74. The molecule has 0 unspecified atom stereocenters. The van der Waals surface area contributed by atoms with Gasteiger partial charge in [0.05, 0.1) is 11.4 Å². The van der Waals surface area contributed by atoms with Crippen LogP contribution in [0, 0.1) is 6.92 Å². The van der Waals surface area contributed by atoms with E-state index in [0.717, 1.165) is 15.6 Å². The fraction of sp³-hybridized carbons (Fsp3) is 0.0625. The second-order valence-electron chi connectivity index (χ2n) is 4.85. The summed E-state index contributed by atoms with van der Waals surface area (Å²) in [6.45, 7) is 1.99. The third kappa shape index (κ3) is 3.07. The van der Waals surface area contributed by atoms with Crippen molar-refractivity contribution in [1.82, 2.24) is 15.2 Å². The maximum Gasteiger partial charge on any atom is 0.273 e. The molecule has 22 heavy (non-hydrogen) atoms. The molecule has 3 aromatic rings. The van der Waals surface area contributed by atoms with E-state index in [1.807, 2.05) is 37.3 Å². The molecule has 1 amide bonds. The Bertz CT molecular complexity index is 814. The first-order chi connectivity index (χ1) is 10.6. The highest BCUT2D eigenvalue weighted by Gasteiger charge is 2.12. The van der Waals surface area contributed by atoms with Crippen molar-refractivity contribution in [3.63, 3.8) is 0 Å². The van der Waals surface area contributed by atoms with Crippen molar-refractivity contribution in [2.24, 2.45) is 0 Å². The lowest BCUT2D eigenvalue weighted by atomic mass is 10.2. The van der Waals surface area contributed by atoms with Crippen molar-refractivity contribution in [3.05, 3.63) is 64.5 Å². The molecule has 3 rings (SSSR count).